The Morgan fingerprint density at radius 3 is 2.50 bits per heavy atom. The number of benzene rings is 1. The Morgan fingerprint density at radius 2 is 1.92 bits per heavy atom. The standard InChI is InChI=1S/C18H18N2O3S/c1-10-9-15(11(2)23-10)17(21)20-18-19-16(12(3)24-18)13-5-7-14(22-4)8-6-13/h5-9H,1-4H3,(H,19,20,21). The van der Waals surface area contributed by atoms with Crippen LogP contribution in [0.4, 0.5) is 5.13 Å². The van der Waals surface area contributed by atoms with E-state index in [0.717, 1.165) is 21.9 Å². The lowest BCUT2D eigenvalue weighted by Crippen LogP contribution is -2.11. The molecule has 0 fully saturated rings. The molecule has 0 bridgehead atoms. The maximum Gasteiger partial charge on any atom is 0.260 e. The first-order valence-electron chi connectivity index (χ1n) is 7.48. The van der Waals surface area contributed by atoms with Gasteiger partial charge in [0, 0.05) is 10.4 Å². The molecule has 0 aliphatic carbocycles. The van der Waals surface area contributed by atoms with Gasteiger partial charge < -0.3 is 9.15 Å². The van der Waals surface area contributed by atoms with Crippen LogP contribution in [-0.2, 0) is 0 Å². The Balaban J connectivity index is 1.83. The van der Waals surface area contributed by atoms with Crippen LogP contribution in [0, 0.1) is 20.8 Å². The molecule has 0 radical (unpaired) electrons. The van der Waals surface area contributed by atoms with E-state index in [0.29, 0.717) is 22.2 Å². The molecular formula is C18H18N2O3S. The van der Waals surface area contributed by atoms with E-state index in [1.54, 1.807) is 20.1 Å². The maximum atomic E-state index is 12.4. The number of rotatable bonds is 4. The van der Waals surface area contributed by atoms with Gasteiger partial charge in [0.2, 0.25) is 0 Å². The molecule has 124 valence electrons. The van der Waals surface area contributed by atoms with Gasteiger partial charge in [-0.05, 0) is 51.1 Å². The third-order valence-electron chi connectivity index (χ3n) is 3.67. The number of carbonyl (C=O) groups is 1. The number of ether oxygens (including phenoxy) is 1. The summed E-state index contributed by atoms with van der Waals surface area (Å²) in [6.45, 7) is 5.58. The summed E-state index contributed by atoms with van der Waals surface area (Å²) in [5, 5.41) is 3.42. The van der Waals surface area contributed by atoms with Crippen molar-refractivity contribution in [2.24, 2.45) is 0 Å². The van der Waals surface area contributed by atoms with E-state index < -0.39 is 0 Å². The highest BCUT2D eigenvalue weighted by atomic mass is 32.1. The minimum atomic E-state index is -0.209. The molecule has 2 aromatic heterocycles. The number of carbonyl (C=O) groups excluding carboxylic acids is 1. The molecule has 5 nitrogen and oxygen atoms in total. The first kappa shape index (κ1) is 16.3. The zero-order chi connectivity index (χ0) is 17.3. The van der Waals surface area contributed by atoms with Crippen LogP contribution in [-0.4, -0.2) is 18.0 Å². The van der Waals surface area contributed by atoms with Gasteiger partial charge in [-0.25, -0.2) is 4.98 Å². The minimum Gasteiger partial charge on any atom is -0.497 e. The summed E-state index contributed by atoms with van der Waals surface area (Å²) < 4.78 is 10.6. The number of hydrogen-bond donors (Lipinski definition) is 1. The minimum absolute atomic E-state index is 0.209. The molecule has 24 heavy (non-hydrogen) atoms. The Kier molecular flexibility index (Phi) is 4.40. The lowest BCUT2D eigenvalue weighted by molar-refractivity contribution is 0.102. The van der Waals surface area contributed by atoms with E-state index in [2.05, 4.69) is 10.3 Å². The molecular weight excluding hydrogens is 324 g/mol. The van der Waals surface area contributed by atoms with E-state index in [1.807, 2.05) is 38.1 Å². The Bertz CT molecular complexity index is 878. The molecule has 0 aliphatic rings. The number of nitrogens with zero attached hydrogens (tertiary/aromatic N) is 1. The Hall–Kier alpha value is -2.60. The van der Waals surface area contributed by atoms with Crippen molar-refractivity contribution < 1.29 is 13.9 Å². The SMILES string of the molecule is COc1ccc(-c2nc(NC(=O)c3cc(C)oc3C)sc2C)cc1. The number of nitrogens with one attached hydrogen (secondary N) is 1. The number of hydrogen-bond acceptors (Lipinski definition) is 5. The number of aryl methyl sites for hydroxylation is 3. The van der Waals surface area contributed by atoms with E-state index in [1.165, 1.54) is 11.3 Å². The highest BCUT2D eigenvalue weighted by Gasteiger charge is 2.17. The second-order valence-corrected chi connectivity index (χ2v) is 6.64. The molecule has 1 N–H and O–H groups in total. The van der Waals surface area contributed by atoms with Crippen molar-refractivity contribution in [3.05, 3.63) is 52.3 Å². The average Bonchev–Trinajstić information content (AvgIpc) is 3.09. The first-order chi connectivity index (χ1) is 11.5. The largest absolute Gasteiger partial charge is 0.497 e. The zero-order valence-electron chi connectivity index (χ0n) is 14.0. The van der Waals surface area contributed by atoms with Gasteiger partial charge in [-0.3, -0.25) is 10.1 Å². The number of amides is 1. The van der Waals surface area contributed by atoms with Crippen LogP contribution in [0.3, 0.4) is 0 Å². The van der Waals surface area contributed by atoms with Gasteiger partial charge in [0.15, 0.2) is 5.13 Å². The van der Waals surface area contributed by atoms with Crippen molar-refractivity contribution in [2.75, 3.05) is 12.4 Å². The summed E-state index contributed by atoms with van der Waals surface area (Å²) in [5.74, 6) is 1.91. The summed E-state index contributed by atoms with van der Waals surface area (Å²) in [6, 6.07) is 9.43. The summed E-state index contributed by atoms with van der Waals surface area (Å²) in [6.07, 6.45) is 0. The van der Waals surface area contributed by atoms with Crippen LogP contribution in [0.15, 0.2) is 34.7 Å². The summed E-state index contributed by atoms with van der Waals surface area (Å²) >= 11 is 1.45. The third kappa shape index (κ3) is 3.19. The molecule has 6 heteroatoms. The monoisotopic (exact) mass is 342 g/mol. The van der Waals surface area contributed by atoms with Gasteiger partial charge in [0.1, 0.15) is 17.3 Å². The number of methoxy groups -OCH3 is 1. The fourth-order valence-corrected chi connectivity index (χ4v) is 3.32. The van der Waals surface area contributed by atoms with Crippen LogP contribution in [0.25, 0.3) is 11.3 Å². The third-order valence-corrected chi connectivity index (χ3v) is 4.55. The van der Waals surface area contributed by atoms with Crippen LogP contribution in [0.2, 0.25) is 0 Å². The van der Waals surface area contributed by atoms with Crippen molar-refractivity contribution >= 4 is 22.4 Å². The van der Waals surface area contributed by atoms with Crippen LogP contribution in [0.1, 0.15) is 26.8 Å². The van der Waals surface area contributed by atoms with Crippen molar-refractivity contribution in [3.63, 3.8) is 0 Å². The average molecular weight is 342 g/mol. The summed E-state index contributed by atoms with van der Waals surface area (Å²) in [5.41, 5.74) is 2.38. The molecule has 0 atom stereocenters. The van der Waals surface area contributed by atoms with Gasteiger partial charge in [-0.1, -0.05) is 0 Å². The molecule has 2 heterocycles. The second-order valence-electron chi connectivity index (χ2n) is 5.43. The van der Waals surface area contributed by atoms with Crippen molar-refractivity contribution in [2.45, 2.75) is 20.8 Å². The highest BCUT2D eigenvalue weighted by Crippen LogP contribution is 2.31. The molecule has 0 saturated carbocycles. The number of aromatic nitrogens is 1. The number of furan rings is 1. The molecule has 1 aromatic carbocycles. The maximum absolute atomic E-state index is 12.4. The van der Waals surface area contributed by atoms with Gasteiger partial charge >= 0.3 is 0 Å². The number of anilines is 1. The summed E-state index contributed by atoms with van der Waals surface area (Å²) in [4.78, 5) is 18.0. The van der Waals surface area contributed by atoms with Gasteiger partial charge in [-0.15, -0.1) is 11.3 Å². The Morgan fingerprint density at radius 1 is 1.21 bits per heavy atom. The van der Waals surface area contributed by atoms with Crippen LogP contribution in [0.5, 0.6) is 5.75 Å². The Labute approximate surface area is 144 Å². The van der Waals surface area contributed by atoms with E-state index in [4.69, 9.17) is 9.15 Å². The van der Waals surface area contributed by atoms with Crippen molar-refractivity contribution in [3.8, 4) is 17.0 Å². The fraction of sp³-hybridized carbons (Fsp3) is 0.222. The quantitative estimate of drug-likeness (QED) is 0.753. The van der Waals surface area contributed by atoms with Gasteiger partial charge in [0.05, 0.1) is 18.4 Å². The van der Waals surface area contributed by atoms with Gasteiger partial charge in [-0.2, -0.15) is 0 Å². The lowest BCUT2D eigenvalue weighted by atomic mass is 10.1. The normalized spacial score (nSPS) is 10.7. The molecule has 0 unspecified atom stereocenters. The van der Waals surface area contributed by atoms with E-state index in [-0.39, 0.29) is 5.91 Å². The van der Waals surface area contributed by atoms with Crippen molar-refractivity contribution in [1.29, 1.82) is 0 Å². The fourth-order valence-electron chi connectivity index (χ4n) is 2.49. The molecule has 0 aliphatic heterocycles. The van der Waals surface area contributed by atoms with Crippen LogP contribution >= 0.6 is 11.3 Å². The highest BCUT2D eigenvalue weighted by molar-refractivity contribution is 7.16. The second kappa shape index (κ2) is 6.49. The molecule has 0 spiro atoms. The molecule has 1 amide bonds. The molecule has 3 rings (SSSR count). The summed E-state index contributed by atoms with van der Waals surface area (Å²) in [7, 11) is 1.64. The van der Waals surface area contributed by atoms with Gasteiger partial charge in [0.25, 0.3) is 5.91 Å². The van der Waals surface area contributed by atoms with E-state index in [9.17, 15) is 4.79 Å². The molecule has 3 aromatic rings. The van der Waals surface area contributed by atoms with E-state index >= 15 is 0 Å². The number of thiazole rings is 1. The zero-order valence-corrected chi connectivity index (χ0v) is 14.8. The smallest absolute Gasteiger partial charge is 0.260 e. The van der Waals surface area contributed by atoms with Crippen LogP contribution < -0.4 is 10.1 Å². The molecule has 0 saturated heterocycles. The topological polar surface area (TPSA) is 64.4 Å². The predicted molar refractivity (Wildman–Crippen MR) is 95.0 cm³/mol. The lowest BCUT2D eigenvalue weighted by Gasteiger charge is -2.02. The van der Waals surface area contributed by atoms with Crippen molar-refractivity contribution in [1.82, 2.24) is 4.98 Å². The first-order valence-corrected chi connectivity index (χ1v) is 8.30. The predicted octanol–water partition coefficient (Wildman–Crippen LogP) is 4.59.